The Hall–Kier alpha value is -2.69. The predicted molar refractivity (Wildman–Crippen MR) is 97.4 cm³/mol. The lowest BCUT2D eigenvalue weighted by atomic mass is 10.1. The van der Waals surface area contributed by atoms with E-state index in [-0.39, 0.29) is 12.7 Å². The first-order valence-corrected chi connectivity index (χ1v) is 8.81. The molecule has 2 aromatic carbocycles. The SMILES string of the molecule is O=C(Cc1ccc2c(c1)OCO2)Nc1ccc(N2CCCCC2)cc1. The fourth-order valence-corrected chi connectivity index (χ4v) is 3.35. The van der Waals surface area contributed by atoms with Crippen molar-refractivity contribution in [1.29, 1.82) is 0 Å². The van der Waals surface area contributed by atoms with Gasteiger partial charge in [-0.3, -0.25) is 4.79 Å². The normalized spacial score (nSPS) is 15.9. The molecule has 0 radical (unpaired) electrons. The van der Waals surface area contributed by atoms with Crippen LogP contribution in [0.5, 0.6) is 11.5 Å². The van der Waals surface area contributed by atoms with Gasteiger partial charge in [0.05, 0.1) is 6.42 Å². The zero-order valence-corrected chi connectivity index (χ0v) is 14.2. The zero-order valence-electron chi connectivity index (χ0n) is 14.2. The third-order valence-corrected chi connectivity index (χ3v) is 4.67. The lowest BCUT2D eigenvalue weighted by Crippen LogP contribution is -2.29. The van der Waals surface area contributed by atoms with Crippen LogP contribution in [-0.4, -0.2) is 25.8 Å². The summed E-state index contributed by atoms with van der Waals surface area (Å²) in [6, 6.07) is 13.7. The largest absolute Gasteiger partial charge is 0.454 e. The van der Waals surface area contributed by atoms with Gasteiger partial charge in [-0.1, -0.05) is 6.07 Å². The van der Waals surface area contributed by atoms with Crippen LogP contribution in [0.2, 0.25) is 0 Å². The van der Waals surface area contributed by atoms with Crippen LogP contribution >= 0.6 is 0 Å². The van der Waals surface area contributed by atoms with Gasteiger partial charge in [0.2, 0.25) is 12.7 Å². The highest BCUT2D eigenvalue weighted by Gasteiger charge is 2.15. The number of amides is 1. The van der Waals surface area contributed by atoms with Crippen LogP contribution in [0.3, 0.4) is 0 Å². The molecule has 0 spiro atoms. The number of carbonyl (C=O) groups is 1. The second-order valence-corrected chi connectivity index (χ2v) is 6.51. The monoisotopic (exact) mass is 338 g/mol. The first-order valence-electron chi connectivity index (χ1n) is 8.81. The summed E-state index contributed by atoms with van der Waals surface area (Å²) >= 11 is 0. The molecule has 1 fully saturated rings. The van der Waals surface area contributed by atoms with Crippen molar-refractivity contribution in [3.05, 3.63) is 48.0 Å². The molecule has 25 heavy (non-hydrogen) atoms. The molecule has 0 atom stereocenters. The first-order chi connectivity index (χ1) is 12.3. The quantitative estimate of drug-likeness (QED) is 0.926. The van der Waals surface area contributed by atoms with Gasteiger partial charge in [-0.25, -0.2) is 0 Å². The average Bonchev–Trinajstić information content (AvgIpc) is 3.11. The van der Waals surface area contributed by atoms with Crippen molar-refractivity contribution in [1.82, 2.24) is 0 Å². The summed E-state index contributed by atoms with van der Waals surface area (Å²) in [5.74, 6) is 1.40. The topological polar surface area (TPSA) is 50.8 Å². The summed E-state index contributed by atoms with van der Waals surface area (Å²) in [4.78, 5) is 14.7. The van der Waals surface area contributed by atoms with Gasteiger partial charge in [0.15, 0.2) is 11.5 Å². The number of anilines is 2. The van der Waals surface area contributed by atoms with Gasteiger partial charge in [0.25, 0.3) is 0 Å². The van der Waals surface area contributed by atoms with Crippen LogP contribution in [0.15, 0.2) is 42.5 Å². The van der Waals surface area contributed by atoms with E-state index in [1.165, 1.54) is 24.9 Å². The van der Waals surface area contributed by atoms with Gasteiger partial charge in [0, 0.05) is 24.5 Å². The number of hydrogen-bond acceptors (Lipinski definition) is 4. The second-order valence-electron chi connectivity index (χ2n) is 6.51. The molecule has 130 valence electrons. The van der Waals surface area contributed by atoms with E-state index >= 15 is 0 Å². The summed E-state index contributed by atoms with van der Waals surface area (Å²) < 4.78 is 10.6. The summed E-state index contributed by atoms with van der Waals surface area (Å²) in [5, 5.41) is 2.96. The van der Waals surface area contributed by atoms with Crippen molar-refractivity contribution in [2.45, 2.75) is 25.7 Å². The number of rotatable bonds is 4. The summed E-state index contributed by atoms with van der Waals surface area (Å²) in [5.41, 5.74) is 2.96. The van der Waals surface area contributed by atoms with E-state index < -0.39 is 0 Å². The Bertz CT molecular complexity index is 752. The van der Waals surface area contributed by atoms with Crippen LogP contribution in [0.1, 0.15) is 24.8 Å². The van der Waals surface area contributed by atoms with Gasteiger partial charge in [-0.2, -0.15) is 0 Å². The molecule has 0 unspecified atom stereocenters. The van der Waals surface area contributed by atoms with Crippen LogP contribution in [0.25, 0.3) is 0 Å². The predicted octanol–water partition coefficient (Wildman–Crippen LogP) is 3.59. The molecule has 5 heteroatoms. The number of nitrogens with zero attached hydrogens (tertiary/aromatic N) is 1. The molecule has 2 aliphatic heterocycles. The number of ether oxygens (including phenoxy) is 2. The van der Waals surface area contributed by atoms with E-state index in [1.54, 1.807) is 0 Å². The van der Waals surface area contributed by atoms with Crippen LogP contribution in [0, 0.1) is 0 Å². The molecule has 2 aliphatic rings. The highest BCUT2D eigenvalue weighted by Crippen LogP contribution is 2.32. The van der Waals surface area contributed by atoms with Crippen molar-refractivity contribution >= 4 is 17.3 Å². The molecule has 2 heterocycles. The minimum absolute atomic E-state index is 0.0374. The maximum absolute atomic E-state index is 12.3. The molecule has 0 aliphatic carbocycles. The molecule has 0 bridgehead atoms. The minimum Gasteiger partial charge on any atom is -0.454 e. The summed E-state index contributed by atoms with van der Waals surface area (Å²) in [6.07, 6.45) is 4.15. The lowest BCUT2D eigenvalue weighted by Gasteiger charge is -2.28. The third-order valence-electron chi connectivity index (χ3n) is 4.67. The Morgan fingerprint density at radius 3 is 2.52 bits per heavy atom. The Morgan fingerprint density at radius 1 is 0.960 bits per heavy atom. The molecule has 0 saturated carbocycles. The van der Waals surface area contributed by atoms with Crippen molar-refractivity contribution in [3.63, 3.8) is 0 Å². The fraction of sp³-hybridized carbons (Fsp3) is 0.350. The first kappa shape index (κ1) is 15.8. The number of nitrogens with one attached hydrogen (secondary N) is 1. The Kier molecular flexibility index (Phi) is 4.46. The van der Waals surface area contributed by atoms with Crippen molar-refractivity contribution in [2.75, 3.05) is 30.1 Å². The van der Waals surface area contributed by atoms with E-state index in [1.807, 2.05) is 30.3 Å². The van der Waals surface area contributed by atoms with Gasteiger partial charge >= 0.3 is 0 Å². The standard InChI is InChI=1S/C20H22N2O3/c23-20(13-15-4-9-18-19(12-15)25-14-24-18)21-16-5-7-17(8-6-16)22-10-2-1-3-11-22/h4-9,12H,1-3,10-11,13-14H2,(H,21,23). The van der Waals surface area contributed by atoms with E-state index in [0.717, 1.165) is 30.1 Å². The maximum atomic E-state index is 12.3. The van der Waals surface area contributed by atoms with E-state index in [2.05, 4.69) is 22.3 Å². The number of benzene rings is 2. The van der Waals surface area contributed by atoms with Gasteiger partial charge in [0.1, 0.15) is 0 Å². The fourth-order valence-electron chi connectivity index (χ4n) is 3.35. The average molecular weight is 338 g/mol. The highest BCUT2D eigenvalue weighted by molar-refractivity contribution is 5.92. The molecule has 5 nitrogen and oxygen atoms in total. The molecular formula is C20H22N2O3. The smallest absolute Gasteiger partial charge is 0.231 e. The number of fused-ring (bicyclic) bond motifs is 1. The summed E-state index contributed by atoms with van der Waals surface area (Å²) in [7, 11) is 0. The van der Waals surface area contributed by atoms with Crippen molar-refractivity contribution in [2.24, 2.45) is 0 Å². The van der Waals surface area contributed by atoms with Crippen LogP contribution < -0.4 is 19.7 Å². The van der Waals surface area contributed by atoms with Crippen LogP contribution in [-0.2, 0) is 11.2 Å². The third kappa shape index (κ3) is 3.71. The van der Waals surface area contributed by atoms with Crippen molar-refractivity contribution < 1.29 is 14.3 Å². The Morgan fingerprint density at radius 2 is 1.72 bits per heavy atom. The number of carbonyl (C=O) groups excluding carboxylic acids is 1. The molecular weight excluding hydrogens is 316 g/mol. The molecule has 4 rings (SSSR count). The zero-order chi connectivity index (χ0) is 17.1. The Labute approximate surface area is 147 Å². The Balaban J connectivity index is 1.35. The molecule has 1 saturated heterocycles. The van der Waals surface area contributed by atoms with Gasteiger partial charge in [-0.15, -0.1) is 0 Å². The van der Waals surface area contributed by atoms with Gasteiger partial charge in [-0.05, 0) is 61.2 Å². The number of piperidine rings is 1. The number of hydrogen-bond donors (Lipinski definition) is 1. The second kappa shape index (κ2) is 7.05. The van der Waals surface area contributed by atoms with E-state index in [0.29, 0.717) is 12.2 Å². The summed E-state index contributed by atoms with van der Waals surface area (Å²) in [6.45, 7) is 2.49. The van der Waals surface area contributed by atoms with E-state index in [4.69, 9.17) is 9.47 Å². The van der Waals surface area contributed by atoms with E-state index in [9.17, 15) is 4.79 Å². The molecule has 1 amide bonds. The lowest BCUT2D eigenvalue weighted by molar-refractivity contribution is -0.115. The van der Waals surface area contributed by atoms with Crippen LogP contribution in [0.4, 0.5) is 11.4 Å². The van der Waals surface area contributed by atoms with Gasteiger partial charge < -0.3 is 19.7 Å². The molecule has 1 N–H and O–H groups in total. The molecule has 2 aromatic rings. The van der Waals surface area contributed by atoms with Crippen molar-refractivity contribution in [3.8, 4) is 11.5 Å². The maximum Gasteiger partial charge on any atom is 0.231 e. The highest BCUT2D eigenvalue weighted by atomic mass is 16.7. The molecule has 0 aromatic heterocycles. The minimum atomic E-state index is -0.0374.